The Morgan fingerprint density at radius 2 is 1.81 bits per heavy atom. The van der Waals surface area contributed by atoms with Crippen LogP contribution in [0.15, 0.2) is 0 Å². The zero-order chi connectivity index (χ0) is 13.0. The minimum absolute atomic E-state index is 0.242. The van der Waals surface area contributed by atoms with Crippen molar-refractivity contribution in [2.75, 3.05) is 0 Å². The molecule has 0 radical (unpaired) electrons. The van der Waals surface area contributed by atoms with E-state index in [2.05, 4.69) is 5.32 Å². The molecule has 0 aromatic carbocycles. The first-order valence-corrected chi connectivity index (χ1v) is 5.44. The molecule has 0 saturated carbocycles. The quantitative estimate of drug-likeness (QED) is 0.631. The van der Waals surface area contributed by atoms with E-state index in [1.54, 1.807) is 6.92 Å². The van der Waals surface area contributed by atoms with E-state index in [0.29, 0.717) is 12.8 Å². The Bertz CT molecular complexity index is 271. The molecule has 0 spiro atoms. The van der Waals surface area contributed by atoms with Gasteiger partial charge in [-0.15, -0.1) is 0 Å². The van der Waals surface area contributed by atoms with E-state index in [9.17, 15) is 9.59 Å². The van der Waals surface area contributed by atoms with Gasteiger partial charge in [-0.05, 0) is 33.6 Å². The van der Waals surface area contributed by atoms with Crippen molar-refractivity contribution in [1.82, 2.24) is 5.32 Å². The Labute approximate surface area is 96.4 Å². The van der Waals surface area contributed by atoms with Gasteiger partial charge < -0.3 is 16.2 Å². The van der Waals surface area contributed by atoms with Gasteiger partial charge in [-0.25, -0.2) is 4.79 Å². The summed E-state index contributed by atoms with van der Waals surface area (Å²) in [5, 5.41) is 11.5. The van der Waals surface area contributed by atoms with Crippen molar-refractivity contribution in [3.05, 3.63) is 0 Å². The van der Waals surface area contributed by atoms with E-state index in [0.717, 1.165) is 0 Å². The molecule has 0 aliphatic rings. The average Bonchev–Trinajstić information content (AvgIpc) is 2.13. The molecule has 0 aliphatic heterocycles. The minimum atomic E-state index is -1.18. The smallest absolute Gasteiger partial charge is 0.329 e. The average molecular weight is 230 g/mol. The van der Waals surface area contributed by atoms with Gasteiger partial charge in [0.15, 0.2) is 0 Å². The van der Waals surface area contributed by atoms with Gasteiger partial charge in [-0.2, -0.15) is 0 Å². The van der Waals surface area contributed by atoms with Crippen molar-refractivity contribution >= 4 is 11.9 Å². The van der Waals surface area contributed by atoms with Crippen LogP contribution in [0.3, 0.4) is 0 Å². The second-order valence-corrected chi connectivity index (χ2v) is 5.03. The number of nitrogens with one attached hydrogen (secondary N) is 1. The molecule has 1 unspecified atom stereocenters. The molecular weight excluding hydrogens is 208 g/mol. The van der Waals surface area contributed by atoms with Crippen LogP contribution in [0.2, 0.25) is 0 Å². The molecule has 16 heavy (non-hydrogen) atoms. The minimum Gasteiger partial charge on any atom is -0.480 e. The highest BCUT2D eigenvalue weighted by molar-refractivity contribution is 5.86. The fourth-order valence-corrected chi connectivity index (χ4v) is 1.10. The standard InChI is InChI=1S/C11H22N2O3/c1-5-11(4,9(15)16)13-8(14)6-7-10(2,3)12/h5-7,12H2,1-4H3,(H,13,14)(H,15,16). The lowest BCUT2D eigenvalue weighted by Gasteiger charge is -2.25. The molecule has 94 valence electrons. The molecule has 1 amide bonds. The largest absolute Gasteiger partial charge is 0.480 e. The molecule has 1 atom stereocenters. The molecular formula is C11H22N2O3. The highest BCUT2D eigenvalue weighted by Gasteiger charge is 2.32. The summed E-state index contributed by atoms with van der Waals surface area (Å²) in [4.78, 5) is 22.5. The van der Waals surface area contributed by atoms with Crippen LogP contribution in [0.4, 0.5) is 0 Å². The Morgan fingerprint density at radius 3 is 2.12 bits per heavy atom. The number of hydrogen-bond donors (Lipinski definition) is 3. The van der Waals surface area contributed by atoms with E-state index >= 15 is 0 Å². The van der Waals surface area contributed by atoms with Gasteiger partial charge >= 0.3 is 5.97 Å². The molecule has 4 N–H and O–H groups in total. The number of carboxylic acid groups (broad SMARTS) is 1. The molecule has 5 heteroatoms. The van der Waals surface area contributed by atoms with E-state index in [4.69, 9.17) is 10.8 Å². The topological polar surface area (TPSA) is 92.4 Å². The fraction of sp³-hybridized carbons (Fsp3) is 0.818. The maximum atomic E-state index is 11.5. The second kappa shape index (κ2) is 5.30. The summed E-state index contributed by atoms with van der Waals surface area (Å²) in [6, 6.07) is 0. The number of aliphatic carboxylic acids is 1. The summed E-state index contributed by atoms with van der Waals surface area (Å²) in [5.74, 6) is -1.29. The predicted octanol–water partition coefficient (Wildman–Crippen LogP) is 0.873. The summed E-state index contributed by atoms with van der Waals surface area (Å²) in [5.41, 5.74) is 4.15. The summed E-state index contributed by atoms with van der Waals surface area (Å²) in [6.07, 6.45) is 1.12. The van der Waals surface area contributed by atoms with E-state index < -0.39 is 17.0 Å². The van der Waals surface area contributed by atoms with Crippen molar-refractivity contribution in [1.29, 1.82) is 0 Å². The van der Waals surface area contributed by atoms with Crippen LogP contribution in [-0.4, -0.2) is 28.1 Å². The summed E-state index contributed by atoms with van der Waals surface area (Å²) in [7, 11) is 0. The first-order chi connectivity index (χ1) is 7.10. The van der Waals surface area contributed by atoms with Gasteiger partial charge in [0.25, 0.3) is 0 Å². The molecule has 0 aliphatic carbocycles. The Morgan fingerprint density at radius 1 is 1.31 bits per heavy atom. The maximum absolute atomic E-state index is 11.5. The van der Waals surface area contributed by atoms with E-state index in [1.807, 2.05) is 13.8 Å². The molecule has 5 nitrogen and oxygen atoms in total. The number of rotatable bonds is 6. The summed E-state index contributed by atoms with van der Waals surface area (Å²) in [6.45, 7) is 6.88. The highest BCUT2D eigenvalue weighted by Crippen LogP contribution is 2.12. The fourth-order valence-electron chi connectivity index (χ4n) is 1.10. The lowest BCUT2D eigenvalue weighted by atomic mass is 9.96. The van der Waals surface area contributed by atoms with Gasteiger partial charge in [0.1, 0.15) is 5.54 Å². The van der Waals surface area contributed by atoms with E-state index in [-0.39, 0.29) is 12.3 Å². The predicted molar refractivity (Wildman–Crippen MR) is 62.0 cm³/mol. The van der Waals surface area contributed by atoms with Crippen molar-refractivity contribution in [3.8, 4) is 0 Å². The van der Waals surface area contributed by atoms with Crippen LogP contribution < -0.4 is 11.1 Å². The summed E-state index contributed by atoms with van der Waals surface area (Å²) < 4.78 is 0. The third-order valence-electron chi connectivity index (χ3n) is 2.59. The number of hydrogen-bond acceptors (Lipinski definition) is 3. The number of carboxylic acids is 1. The summed E-state index contributed by atoms with van der Waals surface area (Å²) >= 11 is 0. The lowest BCUT2D eigenvalue weighted by molar-refractivity contribution is -0.147. The molecule has 0 saturated heterocycles. The van der Waals surface area contributed by atoms with Gasteiger partial charge in [0, 0.05) is 12.0 Å². The van der Waals surface area contributed by atoms with Gasteiger partial charge in [-0.3, -0.25) is 4.79 Å². The second-order valence-electron chi connectivity index (χ2n) is 5.03. The molecule has 0 rings (SSSR count). The monoisotopic (exact) mass is 230 g/mol. The zero-order valence-electron chi connectivity index (χ0n) is 10.5. The highest BCUT2D eigenvalue weighted by atomic mass is 16.4. The molecule has 0 heterocycles. The number of carbonyl (C=O) groups excluding carboxylic acids is 1. The first kappa shape index (κ1) is 14.9. The van der Waals surface area contributed by atoms with Crippen LogP contribution in [0, 0.1) is 0 Å². The molecule has 0 aromatic rings. The number of amides is 1. The molecule has 0 fully saturated rings. The van der Waals surface area contributed by atoms with Gasteiger partial charge in [-0.1, -0.05) is 6.92 Å². The zero-order valence-corrected chi connectivity index (χ0v) is 10.5. The third kappa shape index (κ3) is 5.11. The van der Waals surface area contributed by atoms with Crippen molar-refractivity contribution < 1.29 is 14.7 Å². The number of carbonyl (C=O) groups is 2. The Balaban J connectivity index is 4.28. The van der Waals surface area contributed by atoms with Crippen molar-refractivity contribution in [2.24, 2.45) is 5.73 Å². The van der Waals surface area contributed by atoms with Crippen LogP contribution in [0.1, 0.15) is 47.0 Å². The SMILES string of the molecule is CCC(C)(NC(=O)CCC(C)(C)N)C(=O)O. The van der Waals surface area contributed by atoms with E-state index in [1.165, 1.54) is 6.92 Å². The normalized spacial score (nSPS) is 15.3. The Kier molecular flexibility index (Phi) is 4.93. The molecule has 0 aromatic heterocycles. The Hall–Kier alpha value is -1.10. The van der Waals surface area contributed by atoms with Crippen molar-refractivity contribution in [2.45, 2.75) is 58.0 Å². The number of nitrogens with two attached hydrogens (primary N) is 1. The first-order valence-electron chi connectivity index (χ1n) is 5.44. The van der Waals surface area contributed by atoms with Crippen LogP contribution in [0.5, 0.6) is 0 Å². The van der Waals surface area contributed by atoms with Crippen LogP contribution in [-0.2, 0) is 9.59 Å². The lowest BCUT2D eigenvalue weighted by Crippen LogP contribution is -2.52. The van der Waals surface area contributed by atoms with Gasteiger partial charge in [0.05, 0.1) is 0 Å². The van der Waals surface area contributed by atoms with Crippen molar-refractivity contribution in [3.63, 3.8) is 0 Å². The maximum Gasteiger partial charge on any atom is 0.329 e. The van der Waals surface area contributed by atoms with Crippen LogP contribution >= 0.6 is 0 Å². The van der Waals surface area contributed by atoms with Crippen LogP contribution in [0.25, 0.3) is 0 Å². The van der Waals surface area contributed by atoms with Gasteiger partial charge in [0.2, 0.25) is 5.91 Å². The molecule has 0 bridgehead atoms. The third-order valence-corrected chi connectivity index (χ3v) is 2.59.